The molecular formula is C14H31GeN. The van der Waals surface area contributed by atoms with E-state index >= 15 is 0 Å². The van der Waals surface area contributed by atoms with Gasteiger partial charge in [0.15, 0.2) is 0 Å². The Bertz CT molecular complexity index is 195. The molecule has 0 aromatic rings. The van der Waals surface area contributed by atoms with Crippen LogP contribution in [0.2, 0.25) is 15.8 Å². The Labute approximate surface area is 106 Å². The van der Waals surface area contributed by atoms with Crippen LogP contribution in [-0.4, -0.2) is 31.3 Å². The Balaban J connectivity index is 5.06. The second-order valence-electron chi connectivity index (χ2n) is 4.57. The molecule has 0 spiro atoms. The van der Waals surface area contributed by atoms with Gasteiger partial charge in [-0.1, -0.05) is 0 Å². The van der Waals surface area contributed by atoms with E-state index in [2.05, 4.69) is 52.6 Å². The van der Waals surface area contributed by atoms with E-state index in [9.17, 15) is 0 Å². The van der Waals surface area contributed by atoms with Crippen LogP contribution in [-0.2, 0) is 0 Å². The van der Waals surface area contributed by atoms with Crippen LogP contribution in [0.3, 0.4) is 0 Å². The van der Waals surface area contributed by atoms with Crippen molar-refractivity contribution in [2.75, 3.05) is 13.1 Å². The maximum absolute atomic E-state index is 2.51. The molecule has 0 bridgehead atoms. The Morgan fingerprint density at radius 2 is 1.31 bits per heavy atom. The molecule has 0 atom stereocenters. The molecule has 2 heteroatoms. The van der Waals surface area contributed by atoms with E-state index in [1.165, 1.54) is 22.2 Å². The van der Waals surface area contributed by atoms with Gasteiger partial charge in [0.25, 0.3) is 0 Å². The van der Waals surface area contributed by atoms with Crippen molar-refractivity contribution < 1.29 is 0 Å². The zero-order chi connectivity index (χ0) is 12.6. The minimum absolute atomic E-state index is 1.15. The molecule has 0 radical (unpaired) electrons. The van der Waals surface area contributed by atoms with Crippen LogP contribution < -0.4 is 0 Å². The topological polar surface area (TPSA) is 3.24 Å². The summed E-state index contributed by atoms with van der Waals surface area (Å²) in [5.41, 5.74) is 0. The third-order valence-electron chi connectivity index (χ3n) is 4.24. The average molecular weight is 286 g/mol. The molecule has 0 amide bonds. The van der Waals surface area contributed by atoms with Gasteiger partial charge in [-0.05, 0) is 0 Å². The predicted octanol–water partition coefficient (Wildman–Crippen LogP) is 4.67. The van der Waals surface area contributed by atoms with E-state index in [0.717, 1.165) is 13.1 Å². The van der Waals surface area contributed by atoms with Crippen molar-refractivity contribution in [3.05, 3.63) is 10.6 Å². The van der Waals surface area contributed by atoms with E-state index in [1.54, 1.807) is 0 Å². The Hall–Kier alpha value is 0.0829. The summed E-state index contributed by atoms with van der Waals surface area (Å²) in [6.07, 6.45) is 3.78. The summed E-state index contributed by atoms with van der Waals surface area (Å²) in [7, 11) is 0. The Kier molecular flexibility index (Phi) is 8.26. The molecule has 0 aliphatic carbocycles. The SMILES string of the molecule is CC[C](=CN(CC)CC)[Ge]([CH2]C)([CH2]C)[CH2]C. The first kappa shape index (κ1) is 16.1. The predicted molar refractivity (Wildman–Crippen MR) is 78.5 cm³/mol. The van der Waals surface area contributed by atoms with E-state index < -0.39 is 13.3 Å². The van der Waals surface area contributed by atoms with Crippen LogP contribution in [0.15, 0.2) is 10.6 Å². The number of nitrogens with zero attached hydrogens (tertiary/aromatic N) is 1. The third-order valence-corrected chi connectivity index (χ3v) is 16.6. The summed E-state index contributed by atoms with van der Waals surface area (Å²) < 4.78 is 1.83. The molecule has 0 N–H and O–H groups in total. The van der Waals surface area contributed by atoms with Crippen molar-refractivity contribution in [3.63, 3.8) is 0 Å². The standard InChI is InChI=1S/C14H31GeN/c1-7-14(13-16(11-5)12-6)15(8-2,9-3)10-4/h13H,7-12H2,1-6H3. The van der Waals surface area contributed by atoms with Crippen LogP contribution in [0.25, 0.3) is 0 Å². The molecule has 0 aromatic heterocycles. The van der Waals surface area contributed by atoms with E-state index in [0.29, 0.717) is 0 Å². The van der Waals surface area contributed by atoms with Gasteiger partial charge in [-0.25, -0.2) is 0 Å². The molecule has 0 rings (SSSR count). The molecule has 0 aliphatic heterocycles. The molecule has 0 fully saturated rings. The zero-order valence-electron chi connectivity index (χ0n) is 12.3. The number of rotatable bonds is 8. The van der Waals surface area contributed by atoms with Gasteiger partial charge >= 0.3 is 106 Å². The number of hydrogen-bond donors (Lipinski definition) is 0. The summed E-state index contributed by atoms with van der Waals surface area (Å²) in [6, 6.07) is 0. The molecule has 0 saturated heterocycles. The fourth-order valence-corrected chi connectivity index (χ4v) is 11.2. The van der Waals surface area contributed by atoms with Crippen molar-refractivity contribution >= 4 is 13.3 Å². The molecule has 0 saturated carbocycles. The van der Waals surface area contributed by atoms with Crippen LogP contribution >= 0.6 is 0 Å². The zero-order valence-corrected chi connectivity index (χ0v) is 14.4. The third kappa shape index (κ3) is 3.83. The second-order valence-corrected chi connectivity index (χ2v) is 15.7. The summed E-state index contributed by atoms with van der Waals surface area (Å²) in [5, 5.41) is 4.36. The molecular weight excluding hydrogens is 255 g/mol. The van der Waals surface area contributed by atoms with E-state index in [-0.39, 0.29) is 0 Å². The first-order chi connectivity index (χ1) is 7.63. The second kappa shape index (κ2) is 8.21. The van der Waals surface area contributed by atoms with Crippen LogP contribution in [0.4, 0.5) is 0 Å². The fourth-order valence-electron chi connectivity index (χ4n) is 2.66. The van der Waals surface area contributed by atoms with Gasteiger partial charge in [-0.15, -0.1) is 0 Å². The normalized spacial score (nSPS) is 13.0. The Morgan fingerprint density at radius 1 is 0.875 bits per heavy atom. The molecule has 0 unspecified atom stereocenters. The summed E-state index contributed by atoms with van der Waals surface area (Å²) in [5.74, 6) is 0. The van der Waals surface area contributed by atoms with Crippen LogP contribution in [0.5, 0.6) is 0 Å². The van der Waals surface area contributed by atoms with Crippen molar-refractivity contribution in [1.82, 2.24) is 4.90 Å². The van der Waals surface area contributed by atoms with Gasteiger partial charge in [0.05, 0.1) is 0 Å². The molecule has 0 heterocycles. The van der Waals surface area contributed by atoms with Crippen molar-refractivity contribution in [1.29, 1.82) is 0 Å². The van der Waals surface area contributed by atoms with Crippen molar-refractivity contribution in [2.24, 2.45) is 0 Å². The van der Waals surface area contributed by atoms with Gasteiger partial charge in [-0.2, -0.15) is 0 Å². The fraction of sp³-hybridized carbons (Fsp3) is 0.857. The summed E-state index contributed by atoms with van der Waals surface area (Å²) >= 11 is -1.67. The van der Waals surface area contributed by atoms with Crippen molar-refractivity contribution in [2.45, 2.75) is 63.7 Å². The quantitative estimate of drug-likeness (QED) is 0.586. The van der Waals surface area contributed by atoms with E-state index in [4.69, 9.17) is 0 Å². The first-order valence-electron chi connectivity index (χ1n) is 7.09. The van der Waals surface area contributed by atoms with Gasteiger partial charge in [0, 0.05) is 0 Å². The van der Waals surface area contributed by atoms with Gasteiger partial charge in [0.2, 0.25) is 0 Å². The molecule has 1 nitrogen and oxygen atoms in total. The minimum atomic E-state index is -1.67. The molecule has 0 aliphatic rings. The van der Waals surface area contributed by atoms with Crippen LogP contribution in [0.1, 0.15) is 48.0 Å². The number of allylic oxidation sites excluding steroid dienone is 1. The Morgan fingerprint density at radius 3 is 1.56 bits per heavy atom. The van der Waals surface area contributed by atoms with Gasteiger partial charge in [-0.3, -0.25) is 0 Å². The molecule has 16 heavy (non-hydrogen) atoms. The van der Waals surface area contributed by atoms with E-state index in [1.807, 2.05) is 4.41 Å². The number of hydrogen-bond acceptors (Lipinski definition) is 1. The summed E-state index contributed by atoms with van der Waals surface area (Å²) in [6.45, 7) is 16.4. The maximum atomic E-state index is 2.51. The van der Waals surface area contributed by atoms with Crippen molar-refractivity contribution in [3.8, 4) is 0 Å². The van der Waals surface area contributed by atoms with Crippen LogP contribution in [0, 0.1) is 0 Å². The van der Waals surface area contributed by atoms with Gasteiger partial charge < -0.3 is 0 Å². The molecule has 96 valence electrons. The summed E-state index contributed by atoms with van der Waals surface area (Å²) in [4.78, 5) is 2.47. The monoisotopic (exact) mass is 287 g/mol. The van der Waals surface area contributed by atoms with Gasteiger partial charge in [0.1, 0.15) is 0 Å². The molecule has 0 aromatic carbocycles. The first-order valence-corrected chi connectivity index (χ1v) is 12.6. The average Bonchev–Trinajstić information content (AvgIpc) is 2.35.